The van der Waals surface area contributed by atoms with Crippen LogP contribution in [0.1, 0.15) is 147 Å². The van der Waals surface area contributed by atoms with Gasteiger partial charge in [-0.1, -0.05) is 48.5 Å². The highest BCUT2D eigenvalue weighted by Gasteiger charge is 2.32. The van der Waals surface area contributed by atoms with Crippen LogP contribution in [0.5, 0.6) is 0 Å². The maximum atomic E-state index is 11.7. The Hall–Kier alpha value is -6.02. The monoisotopic (exact) mass is 822 g/mol. The summed E-state index contributed by atoms with van der Waals surface area (Å²) in [5, 5.41) is 0. The number of aromatic nitrogens is 4. The smallest absolute Gasteiger partial charge is 0.302 e. The third kappa shape index (κ3) is 6.92. The van der Waals surface area contributed by atoms with Crippen LogP contribution in [0, 0.1) is 0 Å². The molecule has 11 rings (SSSR count). The fourth-order valence-corrected chi connectivity index (χ4v) is 11.2. The maximum Gasteiger partial charge on any atom is 0.302 e. The van der Waals surface area contributed by atoms with E-state index in [1.54, 1.807) is 0 Å². The number of benzene rings is 2. The van der Waals surface area contributed by atoms with E-state index in [2.05, 4.69) is 70.6 Å². The summed E-state index contributed by atoms with van der Waals surface area (Å²) in [5.41, 5.74) is 26.8. The number of esters is 2. The Morgan fingerprint density at radius 3 is 1.27 bits per heavy atom. The first-order valence-corrected chi connectivity index (χ1v) is 23.1. The lowest BCUT2D eigenvalue weighted by atomic mass is 9.84. The Bertz CT molecular complexity index is 2770. The molecule has 8 nitrogen and oxygen atoms in total. The van der Waals surface area contributed by atoms with Crippen LogP contribution in [0.3, 0.4) is 0 Å². The van der Waals surface area contributed by atoms with Crippen LogP contribution in [0.15, 0.2) is 60.7 Å². The summed E-state index contributed by atoms with van der Waals surface area (Å²) in [6, 6.07) is 22.0. The molecule has 5 aromatic rings. The van der Waals surface area contributed by atoms with Gasteiger partial charge < -0.3 is 19.4 Å². The van der Waals surface area contributed by atoms with E-state index >= 15 is 0 Å². The molecule has 0 saturated heterocycles. The number of H-pyrrole nitrogens is 2. The molecule has 0 amide bonds. The molecule has 0 fully saturated rings. The number of hydrogen-bond donors (Lipinski definition) is 2. The van der Waals surface area contributed by atoms with Gasteiger partial charge in [-0.2, -0.15) is 0 Å². The van der Waals surface area contributed by atoms with E-state index in [9.17, 15) is 9.59 Å². The zero-order valence-corrected chi connectivity index (χ0v) is 36.0. The number of fused-ring (bicyclic) bond motifs is 18. The van der Waals surface area contributed by atoms with Crippen molar-refractivity contribution in [2.45, 2.75) is 130 Å². The molecule has 5 heterocycles. The predicted molar refractivity (Wildman–Crippen MR) is 247 cm³/mol. The highest BCUT2D eigenvalue weighted by molar-refractivity contribution is 6.04. The molecule has 4 aliphatic carbocycles. The first-order valence-electron chi connectivity index (χ1n) is 23.1. The molecule has 0 radical (unpaired) electrons. The predicted octanol–water partition coefficient (Wildman–Crippen LogP) is 12.5. The number of ether oxygens (including phenoxy) is 2. The van der Waals surface area contributed by atoms with Gasteiger partial charge >= 0.3 is 11.9 Å². The van der Waals surface area contributed by atoms with Gasteiger partial charge in [0.1, 0.15) is 13.2 Å². The lowest BCUT2D eigenvalue weighted by molar-refractivity contribution is -0.143. The molecule has 3 aromatic heterocycles. The van der Waals surface area contributed by atoms with Crippen LogP contribution in [0.2, 0.25) is 0 Å². The van der Waals surface area contributed by atoms with Gasteiger partial charge in [-0.15, -0.1) is 0 Å². The molecule has 8 heteroatoms. The zero-order chi connectivity index (χ0) is 41.9. The Balaban J connectivity index is 1.26. The number of allylic oxidation sites excluding steroid dienone is 4. The van der Waals surface area contributed by atoms with Crippen molar-refractivity contribution < 1.29 is 19.1 Å². The van der Waals surface area contributed by atoms with E-state index in [-0.39, 0.29) is 25.2 Å². The second-order valence-electron chi connectivity index (χ2n) is 18.2. The van der Waals surface area contributed by atoms with E-state index in [0.29, 0.717) is 0 Å². The molecule has 0 spiro atoms. The second-order valence-corrected chi connectivity index (χ2v) is 18.2. The van der Waals surface area contributed by atoms with E-state index < -0.39 is 0 Å². The van der Waals surface area contributed by atoms with Crippen molar-refractivity contribution in [1.82, 2.24) is 19.9 Å². The number of nitrogens with zero attached hydrogens (tertiary/aromatic N) is 2. The highest BCUT2D eigenvalue weighted by Crippen LogP contribution is 2.50. The normalized spacial score (nSPS) is 16.9. The number of aromatic amines is 2. The summed E-state index contributed by atoms with van der Waals surface area (Å²) in [5.74, 6) is -0.550. The Morgan fingerprint density at radius 2 is 0.855 bits per heavy atom. The van der Waals surface area contributed by atoms with Crippen LogP contribution < -0.4 is 0 Å². The van der Waals surface area contributed by atoms with Gasteiger partial charge in [-0.25, -0.2) is 9.97 Å². The van der Waals surface area contributed by atoms with Gasteiger partial charge in [0, 0.05) is 36.0 Å². The molecule has 314 valence electrons. The van der Waals surface area contributed by atoms with Crippen molar-refractivity contribution in [2.75, 3.05) is 0 Å². The molecule has 0 unspecified atom stereocenters. The lowest BCUT2D eigenvalue weighted by Crippen LogP contribution is -2.01. The number of rotatable bonds is 6. The lowest BCUT2D eigenvalue weighted by Gasteiger charge is -2.18. The molecule has 2 aliphatic heterocycles. The van der Waals surface area contributed by atoms with Crippen LogP contribution in [0.25, 0.3) is 66.6 Å². The topological polar surface area (TPSA) is 110 Å². The van der Waals surface area contributed by atoms with Gasteiger partial charge in [0.2, 0.25) is 0 Å². The van der Waals surface area contributed by atoms with E-state index in [4.69, 9.17) is 19.4 Å². The number of carbonyl (C=O) groups excluding carboxylic acids is 2. The minimum atomic E-state index is -0.277. The third-order valence-corrected chi connectivity index (χ3v) is 14.2. The average molecular weight is 823 g/mol. The summed E-state index contributed by atoms with van der Waals surface area (Å²) in [6.45, 7) is 3.43. The average Bonchev–Trinajstić information content (AvgIpc) is 4.05. The molecule has 0 atom stereocenters. The first-order chi connectivity index (χ1) is 30.4. The van der Waals surface area contributed by atoms with E-state index in [1.807, 2.05) is 0 Å². The molecular weight excluding hydrogens is 769 g/mol. The highest BCUT2D eigenvalue weighted by atomic mass is 16.5. The largest absolute Gasteiger partial charge is 0.461 e. The summed E-state index contributed by atoms with van der Waals surface area (Å²) in [7, 11) is 0. The van der Waals surface area contributed by atoms with Crippen LogP contribution in [-0.4, -0.2) is 31.9 Å². The number of hydrogen-bond acceptors (Lipinski definition) is 6. The van der Waals surface area contributed by atoms with Gasteiger partial charge in [-0.3, -0.25) is 9.59 Å². The van der Waals surface area contributed by atoms with E-state index in [0.717, 1.165) is 140 Å². The minimum Gasteiger partial charge on any atom is -0.461 e. The van der Waals surface area contributed by atoms with Crippen molar-refractivity contribution in [3.63, 3.8) is 0 Å². The molecule has 2 aromatic carbocycles. The molecular formula is C54H54N4O4. The van der Waals surface area contributed by atoms with Crippen molar-refractivity contribution >= 4 is 56.3 Å². The van der Waals surface area contributed by atoms with Gasteiger partial charge in [0.15, 0.2) is 0 Å². The molecule has 2 N–H and O–H groups in total. The maximum absolute atomic E-state index is 11.7. The van der Waals surface area contributed by atoms with Crippen molar-refractivity contribution in [2.24, 2.45) is 0 Å². The van der Waals surface area contributed by atoms with Gasteiger partial charge in [0.25, 0.3) is 0 Å². The standard InChI is InChI=1S/C54H54N4O4/c1-31(59)61-29-33-19-23-35(24-20-33)49-51-41-15-7-3-11-37(41)45(55-51)27-47-39-13-5-9-17-43(39)53(57-47)50(36-25-21-34(22-26-36)30-62-32(2)60)54-44-18-10-6-14-40(44)48(58-54)28-46-38-12-4-8-16-42(38)52(49)56-46/h19-28,55-56H,3-18,29-30H2,1-2H3. The van der Waals surface area contributed by atoms with Crippen LogP contribution in [-0.2, 0) is 58.0 Å². The summed E-state index contributed by atoms with van der Waals surface area (Å²) >= 11 is 0. The van der Waals surface area contributed by atoms with Crippen LogP contribution >= 0.6 is 0 Å². The quantitative estimate of drug-likeness (QED) is 0.165. The Morgan fingerprint density at radius 1 is 0.484 bits per heavy atom. The fourth-order valence-electron chi connectivity index (χ4n) is 11.2. The molecule has 0 saturated carbocycles. The minimum absolute atomic E-state index is 0.253. The zero-order valence-electron chi connectivity index (χ0n) is 36.0. The molecule has 6 aliphatic rings. The number of nitrogens with one attached hydrogen (secondary N) is 2. The van der Waals surface area contributed by atoms with Gasteiger partial charge in [0.05, 0.1) is 33.8 Å². The summed E-state index contributed by atoms with van der Waals surface area (Å²) < 4.78 is 10.8. The number of aryl methyl sites for hydroxylation is 4. The Labute approximate surface area is 362 Å². The fraction of sp³-hybridized carbons (Fsp3) is 0.370. The number of carbonyl (C=O) groups is 2. The first kappa shape index (κ1) is 38.9. The van der Waals surface area contributed by atoms with Crippen molar-refractivity contribution in [3.05, 3.63) is 117 Å². The van der Waals surface area contributed by atoms with Crippen molar-refractivity contribution in [1.29, 1.82) is 0 Å². The third-order valence-electron chi connectivity index (χ3n) is 14.2. The Kier molecular flexibility index (Phi) is 10.0. The second kappa shape index (κ2) is 16.0. The van der Waals surface area contributed by atoms with E-state index in [1.165, 1.54) is 98.9 Å². The van der Waals surface area contributed by atoms with Crippen LogP contribution in [0.4, 0.5) is 0 Å². The van der Waals surface area contributed by atoms with Crippen molar-refractivity contribution in [3.8, 4) is 22.3 Å². The van der Waals surface area contributed by atoms with Gasteiger partial charge in [-0.05, 0) is 182 Å². The molecule has 62 heavy (non-hydrogen) atoms. The molecule has 8 bridgehead atoms. The SMILES string of the molecule is CC(=O)OCc1ccc(-c2c3nc(cc4[nH]c(c5c4CCCC5)c(-c4ccc(COC(C)=O)cc4)c4[nH]c(cc5nc2C2=C5CCCC2)c2c4CCCC2)C2=C3CCCC2)cc1. The summed E-state index contributed by atoms with van der Waals surface area (Å²) in [6.07, 6.45) is 17.4. The summed E-state index contributed by atoms with van der Waals surface area (Å²) in [4.78, 5) is 43.1.